The molecule has 4 aromatic rings. The van der Waals surface area contributed by atoms with E-state index in [9.17, 15) is 22.4 Å². The lowest BCUT2D eigenvalue weighted by atomic mass is 10.0. The molecule has 1 aliphatic rings. The van der Waals surface area contributed by atoms with E-state index >= 15 is 0 Å². The predicted molar refractivity (Wildman–Crippen MR) is 139 cm³/mol. The van der Waals surface area contributed by atoms with Gasteiger partial charge in [-0.05, 0) is 74.0 Å². The van der Waals surface area contributed by atoms with Crippen molar-refractivity contribution in [3.05, 3.63) is 82.6 Å². The summed E-state index contributed by atoms with van der Waals surface area (Å²) >= 11 is 6.46. The molecule has 2 amide bonds. The molecule has 11 heteroatoms. The first-order valence-corrected chi connectivity index (χ1v) is 13.6. The van der Waals surface area contributed by atoms with Crippen LogP contribution in [-0.4, -0.2) is 47.1 Å². The van der Waals surface area contributed by atoms with E-state index < -0.39 is 33.0 Å². The number of hydrogen-bond acceptors (Lipinski definition) is 5. The highest BCUT2D eigenvalue weighted by Crippen LogP contribution is 2.35. The second kappa shape index (κ2) is 8.97. The smallest absolute Gasteiger partial charge is 0.251 e. The highest BCUT2D eigenvalue weighted by atomic mass is 35.5. The van der Waals surface area contributed by atoms with Gasteiger partial charge in [0.05, 0.1) is 33.3 Å². The van der Waals surface area contributed by atoms with Gasteiger partial charge in [-0.15, -0.1) is 0 Å². The van der Waals surface area contributed by atoms with Crippen LogP contribution in [0.1, 0.15) is 34.1 Å². The molecule has 1 saturated heterocycles. The molecule has 3 aromatic carbocycles. The maximum absolute atomic E-state index is 13.6. The number of primary amides is 1. The number of nitrogens with two attached hydrogens (primary N) is 1. The van der Waals surface area contributed by atoms with Crippen molar-refractivity contribution >= 4 is 44.2 Å². The van der Waals surface area contributed by atoms with Gasteiger partial charge in [-0.3, -0.25) is 9.59 Å². The third kappa shape index (κ3) is 4.82. The van der Waals surface area contributed by atoms with E-state index in [-0.39, 0.29) is 17.1 Å². The maximum Gasteiger partial charge on any atom is 0.251 e. The molecule has 8 nitrogen and oxygen atoms in total. The summed E-state index contributed by atoms with van der Waals surface area (Å²) in [6.45, 7) is 1.71. The van der Waals surface area contributed by atoms with Gasteiger partial charge in [0.15, 0.2) is 9.84 Å². The summed E-state index contributed by atoms with van der Waals surface area (Å²) < 4.78 is 39.1. The van der Waals surface area contributed by atoms with Gasteiger partial charge in [-0.1, -0.05) is 11.6 Å². The lowest BCUT2D eigenvalue weighted by Gasteiger charge is -2.23. The number of halogens is 2. The summed E-state index contributed by atoms with van der Waals surface area (Å²) in [5, 5.41) is 8.52. The van der Waals surface area contributed by atoms with Crippen LogP contribution in [0.25, 0.3) is 27.8 Å². The Morgan fingerprint density at radius 1 is 1.08 bits per heavy atom. The summed E-state index contributed by atoms with van der Waals surface area (Å²) in [5.74, 6) is -1.57. The molecule has 0 unspecified atom stereocenters. The number of benzene rings is 3. The fraction of sp³-hybridized carbons (Fsp3) is 0.192. The lowest BCUT2D eigenvalue weighted by Crippen LogP contribution is -2.46. The van der Waals surface area contributed by atoms with Gasteiger partial charge in [0.1, 0.15) is 11.5 Å². The van der Waals surface area contributed by atoms with Gasteiger partial charge < -0.3 is 11.1 Å². The van der Waals surface area contributed by atoms with Gasteiger partial charge in [-0.2, -0.15) is 5.10 Å². The van der Waals surface area contributed by atoms with E-state index in [4.69, 9.17) is 22.4 Å². The first-order valence-electron chi connectivity index (χ1n) is 11.4. The number of amides is 2. The monoisotopic (exact) mass is 540 g/mol. The van der Waals surface area contributed by atoms with Crippen molar-refractivity contribution in [1.29, 1.82) is 0 Å². The van der Waals surface area contributed by atoms with Crippen LogP contribution in [0, 0.1) is 5.82 Å². The molecule has 0 radical (unpaired) electrons. The first-order chi connectivity index (χ1) is 17.4. The Bertz CT molecular complexity index is 1680. The van der Waals surface area contributed by atoms with Crippen LogP contribution < -0.4 is 11.1 Å². The second-order valence-corrected chi connectivity index (χ2v) is 12.0. The van der Waals surface area contributed by atoms with Crippen molar-refractivity contribution in [1.82, 2.24) is 15.1 Å². The van der Waals surface area contributed by atoms with Crippen LogP contribution >= 0.6 is 11.6 Å². The van der Waals surface area contributed by atoms with Crippen LogP contribution in [0.4, 0.5) is 4.39 Å². The molecule has 1 fully saturated rings. The molecule has 3 N–H and O–H groups in total. The van der Waals surface area contributed by atoms with E-state index in [1.807, 2.05) is 0 Å². The van der Waals surface area contributed by atoms with Gasteiger partial charge in [0.2, 0.25) is 5.91 Å². The molecule has 190 valence electrons. The standard InChI is InChI=1S/C26H22ClFN4O4S/c1-26(10-11-37(35,36)14-26)30-25(34)16-2-8-19-22(13-16)32(18-6-4-17(28)5-7-18)31-23(19)20-12-15(24(29)33)3-9-21(20)27/h2-9,12-13H,10-11,14H2,1H3,(H2,29,33)(H,30,34)/t26-/m1/s1. The molecule has 5 rings (SSSR count). The third-order valence-electron chi connectivity index (χ3n) is 6.44. The van der Waals surface area contributed by atoms with E-state index in [1.165, 1.54) is 18.2 Å². The third-order valence-corrected chi connectivity index (χ3v) is 8.67. The van der Waals surface area contributed by atoms with Crippen LogP contribution in [0.15, 0.2) is 60.7 Å². The molecule has 1 aromatic heterocycles. The topological polar surface area (TPSA) is 124 Å². The molecule has 0 saturated carbocycles. The quantitative estimate of drug-likeness (QED) is 0.397. The van der Waals surface area contributed by atoms with Crippen molar-refractivity contribution in [3.8, 4) is 16.9 Å². The highest BCUT2D eigenvalue weighted by molar-refractivity contribution is 7.91. The van der Waals surface area contributed by atoms with Gasteiger partial charge >= 0.3 is 0 Å². The Morgan fingerprint density at radius 3 is 2.43 bits per heavy atom. The number of hydrogen-bond donors (Lipinski definition) is 2. The molecular formula is C26H22ClFN4O4S. The first kappa shape index (κ1) is 24.9. The Morgan fingerprint density at radius 2 is 1.78 bits per heavy atom. The largest absolute Gasteiger partial charge is 0.366 e. The molecule has 0 aliphatic carbocycles. The number of aromatic nitrogens is 2. The van der Waals surface area contributed by atoms with Crippen LogP contribution in [-0.2, 0) is 9.84 Å². The minimum Gasteiger partial charge on any atom is -0.366 e. The Hall–Kier alpha value is -3.76. The average Bonchev–Trinajstić information content (AvgIpc) is 3.35. The zero-order valence-corrected chi connectivity index (χ0v) is 21.2. The van der Waals surface area contributed by atoms with Gasteiger partial charge in [0.25, 0.3) is 5.91 Å². The Labute approximate surface area is 217 Å². The molecule has 1 atom stereocenters. The molecule has 0 spiro atoms. The van der Waals surface area contributed by atoms with Gasteiger partial charge in [-0.25, -0.2) is 17.5 Å². The number of carbonyl (C=O) groups excluding carboxylic acids is 2. The summed E-state index contributed by atoms with van der Waals surface area (Å²) in [6.07, 6.45) is 0.329. The molecule has 1 aliphatic heterocycles. The second-order valence-electron chi connectivity index (χ2n) is 9.38. The lowest BCUT2D eigenvalue weighted by molar-refractivity contribution is 0.0914. The summed E-state index contributed by atoms with van der Waals surface area (Å²) in [7, 11) is -3.21. The molecule has 2 heterocycles. The fourth-order valence-corrected chi connectivity index (χ4v) is 6.85. The Kier molecular flexibility index (Phi) is 6.04. The van der Waals surface area contributed by atoms with E-state index in [1.54, 1.807) is 54.1 Å². The summed E-state index contributed by atoms with van der Waals surface area (Å²) in [5.41, 5.74) is 7.10. The van der Waals surface area contributed by atoms with E-state index in [0.717, 1.165) is 0 Å². The molecule has 0 bridgehead atoms. The zero-order valence-electron chi connectivity index (χ0n) is 19.7. The van der Waals surface area contributed by atoms with Crippen molar-refractivity contribution in [2.45, 2.75) is 18.9 Å². The van der Waals surface area contributed by atoms with Crippen LogP contribution in [0.2, 0.25) is 5.02 Å². The predicted octanol–water partition coefficient (Wildman–Crippen LogP) is 3.89. The number of nitrogens with zero attached hydrogens (tertiary/aromatic N) is 2. The normalized spacial score (nSPS) is 18.7. The summed E-state index contributed by atoms with van der Waals surface area (Å²) in [6, 6.07) is 15.2. The van der Waals surface area contributed by atoms with Crippen molar-refractivity contribution in [3.63, 3.8) is 0 Å². The fourth-order valence-electron chi connectivity index (χ4n) is 4.55. The van der Waals surface area contributed by atoms with Crippen molar-refractivity contribution in [2.75, 3.05) is 11.5 Å². The SMILES string of the molecule is C[C@@]1(NC(=O)c2ccc3c(-c4cc(C(N)=O)ccc4Cl)nn(-c4ccc(F)cc4)c3c2)CCS(=O)(=O)C1. The number of rotatable bonds is 5. The number of nitrogens with one attached hydrogen (secondary N) is 1. The van der Waals surface area contributed by atoms with Gasteiger partial charge in [0, 0.05) is 22.1 Å². The van der Waals surface area contributed by atoms with Crippen molar-refractivity contribution in [2.24, 2.45) is 5.73 Å². The highest BCUT2D eigenvalue weighted by Gasteiger charge is 2.39. The van der Waals surface area contributed by atoms with Crippen LogP contribution in [0.3, 0.4) is 0 Å². The Balaban J connectivity index is 1.64. The average molecular weight is 541 g/mol. The number of fused-ring (bicyclic) bond motifs is 1. The number of sulfone groups is 1. The zero-order chi connectivity index (χ0) is 26.5. The summed E-state index contributed by atoms with van der Waals surface area (Å²) in [4.78, 5) is 24.9. The molecule has 37 heavy (non-hydrogen) atoms. The maximum atomic E-state index is 13.6. The van der Waals surface area contributed by atoms with Crippen molar-refractivity contribution < 1.29 is 22.4 Å². The van der Waals surface area contributed by atoms with Crippen LogP contribution in [0.5, 0.6) is 0 Å². The van der Waals surface area contributed by atoms with E-state index in [0.29, 0.717) is 44.9 Å². The molecular weight excluding hydrogens is 519 g/mol. The minimum absolute atomic E-state index is 0.0225. The van der Waals surface area contributed by atoms with E-state index in [2.05, 4.69) is 5.32 Å². The number of carbonyl (C=O) groups is 2. The minimum atomic E-state index is -3.21.